The number of carbonyl (C=O) groups is 2. The lowest BCUT2D eigenvalue weighted by Crippen LogP contribution is -2.21. The fourth-order valence-electron chi connectivity index (χ4n) is 5.12. The van der Waals surface area contributed by atoms with Crippen molar-refractivity contribution in [1.82, 2.24) is 19.9 Å². The van der Waals surface area contributed by atoms with E-state index in [0.717, 1.165) is 5.56 Å². The minimum atomic E-state index is -4.89. The quantitative estimate of drug-likeness (QED) is 0.228. The van der Waals surface area contributed by atoms with Gasteiger partial charge in [0.25, 0.3) is 11.8 Å². The average Bonchev–Trinajstić information content (AvgIpc) is 3.57. The number of nitrogens with one attached hydrogen (secondary N) is 2. The van der Waals surface area contributed by atoms with Crippen LogP contribution in [0.15, 0.2) is 67.0 Å². The van der Waals surface area contributed by atoms with Crippen LogP contribution in [0.25, 0.3) is 16.8 Å². The smallest absolute Gasteiger partial charge is 0.341 e. The highest BCUT2D eigenvalue weighted by Crippen LogP contribution is 2.42. The van der Waals surface area contributed by atoms with Crippen molar-refractivity contribution in [3.05, 3.63) is 117 Å². The monoisotopic (exact) mass is 604 g/mol. The number of anilines is 1. The van der Waals surface area contributed by atoms with Gasteiger partial charge in [0.15, 0.2) is 11.3 Å². The molecule has 3 heterocycles. The van der Waals surface area contributed by atoms with Crippen LogP contribution in [0.2, 0.25) is 5.02 Å². The van der Waals surface area contributed by atoms with E-state index in [4.69, 9.17) is 11.6 Å². The largest absolute Gasteiger partial charge is 0.416 e. The second-order valence-corrected chi connectivity index (χ2v) is 10.2. The third-order valence-corrected chi connectivity index (χ3v) is 7.39. The van der Waals surface area contributed by atoms with E-state index in [1.165, 1.54) is 23.0 Å². The van der Waals surface area contributed by atoms with Crippen molar-refractivity contribution in [3.63, 3.8) is 0 Å². The third kappa shape index (κ3) is 4.93. The molecule has 1 unspecified atom stereocenters. The first-order valence-electron chi connectivity index (χ1n) is 12.6. The molecule has 0 spiro atoms. The van der Waals surface area contributed by atoms with Crippen molar-refractivity contribution in [2.24, 2.45) is 0 Å². The van der Waals surface area contributed by atoms with Gasteiger partial charge in [-0.25, -0.2) is 13.9 Å². The molecule has 2 aromatic heterocycles. The molecule has 0 saturated heterocycles. The molecule has 0 saturated carbocycles. The van der Waals surface area contributed by atoms with Gasteiger partial charge in [0, 0.05) is 33.0 Å². The van der Waals surface area contributed by atoms with Crippen LogP contribution in [0.4, 0.5) is 23.2 Å². The number of alkyl halides is 3. The van der Waals surface area contributed by atoms with Crippen LogP contribution >= 0.6 is 11.6 Å². The zero-order valence-corrected chi connectivity index (χ0v) is 22.7. The number of carbonyl (C=O) groups excluding carboxylic acids is 2. The maximum absolute atomic E-state index is 14.2. The Kier molecular flexibility index (Phi) is 6.62. The number of amides is 2. The number of hydrogen-bond donors (Lipinski definition) is 2. The molecule has 2 amide bonds. The van der Waals surface area contributed by atoms with Crippen molar-refractivity contribution in [3.8, 4) is 17.2 Å². The average molecular weight is 605 g/mol. The Morgan fingerprint density at radius 3 is 2.63 bits per heavy atom. The first-order valence-corrected chi connectivity index (χ1v) is 13.0. The molecule has 3 aromatic carbocycles. The molecule has 0 fully saturated rings. The molecule has 0 aliphatic carbocycles. The Morgan fingerprint density at radius 1 is 1.09 bits per heavy atom. The summed E-state index contributed by atoms with van der Waals surface area (Å²) in [4.78, 5) is 30.7. The standard InChI is InChI=1S/C30H17ClF4N6O2/c1-14-2-4-22(31)20(6-14)27-26-21(29(43)40-27)9-15(19-3-5-25-37-13-38-41(25)24(19)12-36)10-23(26)39-28(42)16-7-17(30(33,34)35)11-18(32)8-16/h2-11,13,27H,1H3,(H,39,42)(H,40,43). The number of fused-ring (bicyclic) bond motifs is 2. The number of aromatic nitrogens is 3. The van der Waals surface area contributed by atoms with Crippen LogP contribution in [-0.2, 0) is 6.18 Å². The second-order valence-electron chi connectivity index (χ2n) is 9.83. The lowest BCUT2D eigenvalue weighted by Gasteiger charge is -2.20. The number of halogens is 5. The summed E-state index contributed by atoms with van der Waals surface area (Å²) in [6, 6.07) is 14.1. The minimum absolute atomic E-state index is 0.0406. The predicted octanol–water partition coefficient (Wildman–Crippen LogP) is 6.47. The van der Waals surface area contributed by atoms with Gasteiger partial charge < -0.3 is 10.6 Å². The molecule has 8 nitrogen and oxygen atoms in total. The van der Waals surface area contributed by atoms with Crippen molar-refractivity contribution in [2.45, 2.75) is 19.1 Å². The summed E-state index contributed by atoms with van der Waals surface area (Å²) in [7, 11) is 0. The van der Waals surface area contributed by atoms with Crippen LogP contribution in [0.1, 0.15) is 54.7 Å². The topological polar surface area (TPSA) is 112 Å². The molecule has 6 rings (SSSR count). The van der Waals surface area contributed by atoms with Crippen molar-refractivity contribution in [2.75, 3.05) is 5.32 Å². The molecule has 1 atom stereocenters. The molecule has 1 aliphatic heterocycles. The summed E-state index contributed by atoms with van der Waals surface area (Å²) < 4.78 is 55.6. The van der Waals surface area contributed by atoms with Crippen LogP contribution in [0.5, 0.6) is 0 Å². The van der Waals surface area contributed by atoms with E-state index >= 15 is 0 Å². The van der Waals surface area contributed by atoms with E-state index in [0.29, 0.717) is 45.1 Å². The molecule has 2 N–H and O–H groups in total. The Labute approximate surface area is 245 Å². The lowest BCUT2D eigenvalue weighted by molar-refractivity contribution is -0.137. The van der Waals surface area contributed by atoms with Crippen molar-refractivity contribution >= 4 is 34.7 Å². The van der Waals surface area contributed by atoms with Gasteiger partial charge in [0.1, 0.15) is 18.2 Å². The highest BCUT2D eigenvalue weighted by Gasteiger charge is 2.36. The molecule has 13 heteroatoms. The zero-order chi connectivity index (χ0) is 30.6. The summed E-state index contributed by atoms with van der Waals surface area (Å²) in [5, 5.41) is 19.8. The number of hydrogen-bond acceptors (Lipinski definition) is 5. The van der Waals surface area contributed by atoms with Gasteiger partial charge in [-0.05, 0) is 66.6 Å². The van der Waals surface area contributed by atoms with Gasteiger partial charge in [-0.3, -0.25) is 9.59 Å². The Balaban J connectivity index is 1.55. The highest BCUT2D eigenvalue weighted by molar-refractivity contribution is 6.31. The van der Waals surface area contributed by atoms with Gasteiger partial charge in [0.05, 0.1) is 11.6 Å². The molecule has 214 valence electrons. The predicted molar refractivity (Wildman–Crippen MR) is 148 cm³/mol. The van der Waals surface area contributed by atoms with Crippen molar-refractivity contribution in [1.29, 1.82) is 5.26 Å². The first-order chi connectivity index (χ1) is 20.4. The maximum atomic E-state index is 14.2. The molecule has 0 bridgehead atoms. The summed E-state index contributed by atoms with van der Waals surface area (Å²) in [5.74, 6) is -2.81. The van der Waals surface area contributed by atoms with E-state index in [1.807, 2.05) is 6.92 Å². The lowest BCUT2D eigenvalue weighted by atomic mass is 9.91. The minimum Gasteiger partial charge on any atom is -0.341 e. The summed E-state index contributed by atoms with van der Waals surface area (Å²) in [5.41, 5.74) is 1.05. The number of nitrogens with zero attached hydrogens (tertiary/aromatic N) is 4. The van der Waals surface area contributed by atoms with E-state index in [9.17, 15) is 32.4 Å². The van der Waals surface area contributed by atoms with Crippen LogP contribution in [-0.4, -0.2) is 26.4 Å². The Hall–Kier alpha value is -5.28. The van der Waals surface area contributed by atoms with E-state index < -0.39 is 41.0 Å². The molecule has 5 aromatic rings. The zero-order valence-electron chi connectivity index (χ0n) is 21.9. The van der Waals surface area contributed by atoms with Crippen LogP contribution < -0.4 is 10.6 Å². The number of aryl methyl sites for hydroxylation is 1. The fraction of sp³-hybridized carbons (Fsp3) is 0.100. The number of pyridine rings is 1. The Morgan fingerprint density at radius 2 is 1.88 bits per heavy atom. The van der Waals surface area contributed by atoms with Gasteiger partial charge >= 0.3 is 6.18 Å². The summed E-state index contributed by atoms with van der Waals surface area (Å²) in [6.45, 7) is 1.83. The molecule has 43 heavy (non-hydrogen) atoms. The Bertz CT molecular complexity index is 2030. The van der Waals surface area contributed by atoms with E-state index in [-0.39, 0.29) is 23.0 Å². The van der Waals surface area contributed by atoms with Crippen molar-refractivity contribution < 1.29 is 27.2 Å². The molecular formula is C30H17ClF4N6O2. The van der Waals surface area contributed by atoms with Gasteiger partial charge in [0.2, 0.25) is 0 Å². The first kappa shape index (κ1) is 27.9. The van der Waals surface area contributed by atoms with E-state index in [2.05, 4.69) is 26.8 Å². The van der Waals surface area contributed by atoms with Crippen LogP contribution in [0, 0.1) is 24.1 Å². The number of nitriles is 1. The number of benzene rings is 3. The third-order valence-electron chi connectivity index (χ3n) is 7.04. The van der Waals surface area contributed by atoms with Gasteiger partial charge in [-0.15, -0.1) is 0 Å². The fourth-order valence-corrected chi connectivity index (χ4v) is 5.34. The summed E-state index contributed by atoms with van der Waals surface area (Å²) in [6.07, 6.45) is -3.62. The highest BCUT2D eigenvalue weighted by atomic mass is 35.5. The summed E-state index contributed by atoms with van der Waals surface area (Å²) >= 11 is 6.49. The SMILES string of the molecule is Cc1ccc(Cl)c(C2NC(=O)c3cc(-c4ccc5ncnn5c4C#N)cc(NC(=O)c4cc(F)cc(C(F)(F)F)c4)c32)c1. The van der Waals surface area contributed by atoms with Gasteiger partial charge in [-0.2, -0.15) is 23.5 Å². The number of rotatable bonds is 4. The normalized spacial score (nSPS) is 14.3. The van der Waals surface area contributed by atoms with Crippen LogP contribution in [0.3, 0.4) is 0 Å². The molecule has 1 aliphatic rings. The molecular weight excluding hydrogens is 588 g/mol. The van der Waals surface area contributed by atoms with Gasteiger partial charge in [-0.1, -0.05) is 29.3 Å². The maximum Gasteiger partial charge on any atom is 0.416 e. The van der Waals surface area contributed by atoms with E-state index in [1.54, 1.807) is 30.3 Å². The second kappa shape index (κ2) is 10.2. The molecule has 0 radical (unpaired) electrons.